The Hall–Kier alpha value is -3.59. The number of piperidine rings is 1. The quantitative estimate of drug-likeness (QED) is 0.195. The minimum absolute atomic E-state index is 0.383. The van der Waals surface area contributed by atoms with E-state index in [1.807, 2.05) is 23.3 Å². The molecule has 0 spiro atoms. The summed E-state index contributed by atoms with van der Waals surface area (Å²) in [6.45, 7) is 11.0. The van der Waals surface area contributed by atoms with Gasteiger partial charge in [-0.25, -0.2) is 9.97 Å². The number of rotatable bonds is 8. The molecule has 1 fully saturated rings. The Balaban J connectivity index is 1.24. The summed E-state index contributed by atoms with van der Waals surface area (Å²) in [6.07, 6.45) is 11.8. The van der Waals surface area contributed by atoms with Gasteiger partial charge in [0.15, 0.2) is 0 Å². The van der Waals surface area contributed by atoms with Gasteiger partial charge in [0.2, 0.25) is 5.95 Å². The number of nitrogens with zero attached hydrogens (tertiary/aromatic N) is 6. The predicted octanol–water partition coefficient (Wildman–Crippen LogP) is 7.29. The van der Waals surface area contributed by atoms with E-state index in [1.54, 1.807) is 12.4 Å². The van der Waals surface area contributed by atoms with Crippen molar-refractivity contribution in [3.63, 3.8) is 0 Å². The maximum atomic E-state index is 7.09. The zero-order valence-corrected chi connectivity index (χ0v) is 25.2. The summed E-state index contributed by atoms with van der Waals surface area (Å²) in [5, 5.41) is 10.3. The molecule has 1 saturated heterocycles. The van der Waals surface area contributed by atoms with E-state index in [1.165, 1.54) is 24.1 Å². The number of aromatic nitrogens is 6. The Kier molecular flexibility index (Phi) is 7.30. The smallest absolute Gasteiger partial charge is 0.204 e. The van der Waals surface area contributed by atoms with Crippen molar-refractivity contribution in [2.24, 2.45) is 0 Å². The molecule has 8 nitrogen and oxygen atoms in total. The number of aromatic amines is 1. The number of likely N-dealkylation sites (tertiary alicyclic amines) is 1. The zero-order chi connectivity index (χ0) is 28.8. The summed E-state index contributed by atoms with van der Waals surface area (Å²) in [5.74, 6) is 1.21. The minimum Gasteiger partial charge on any atom is -0.334 e. The van der Waals surface area contributed by atoms with Crippen LogP contribution < -0.4 is 5.32 Å². The summed E-state index contributed by atoms with van der Waals surface area (Å²) in [7, 11) is 0. The van der Waals surface area contributed by atoms with Gasteiger partial charge in [0, 0.05) is 47.5 Å². The van der Waals surface area contributed by atoms with Gasteiger partial charge < -0.3 is 19.8 Å². The van der Waals surface area contributed by atoms with Crippen LogP contribution >= 0.6 is 23.2 Å². The number of anilines is 1. The van der Waals surface area contributed by atoms with Crippen LogP contribution in [0.2, 0.25) is 10.0 Å². The SMILES string of the molecule is C=C(Nc1ncc[nH]1)C(c1ncn2c1CCC2)n1cc2c(Cl)cc(-c3ccc(C4CCN(CC)CC4)cc3)c(Cl)c2n1. The molecule has 5 aromatic rings. The normalized spacial score (nSPS) is 16.6. The highest BCUT2D eigenvalue weighted by Crippen LogP contribution is 2.40. The van der Waals surface area contributed by atoms with E-state index in [0.29, 0.717) is 33.1 Å². The number of hydrogen-bond donors (Lipinski definition) is 2. The average Bonchev–Trinajstić information content (AvgIpc) is 3.82. The average molecular weight is 602 g/mol. The van der Waals surface area contributed by atoms with Crippen LogP contribution in [0.4, 0.5) is 5.95 Å². The predicted molar refractivity (Wildman–Crippen MR) is 169 cm³/mol. The number of halogens is 2. The Morgan fingerprint density at radius 3 is 2.69 bits per heavy atom. The van der Waals surface area contributed by atoms with Crippen molar-refractivity contribution in [2.45, 2.75) is 51.1 Å². The van der Waals surface area contributed by atoms with E-state index in [2.05, 4.69) is 62.5 Å². The van der Waals surface area contributed by atoms with Gasteiger partial charge in [0.25, 0.3) is 0 Å². The topological polar surface area (TPSA) is 79.6 Å². The number of H-pyrrole nitrogens is 1. The molecule has 7 rings (SSSR count). The Labute approximate surface area is 255 Å². The van der Waals surface area contributed by atoms with Gasteiger partial charge in [-0.3, -0.25) is 4.68 Å². The molecule has 0 amide bonds. The number of nitrogens with one attached hydrogen (secondary N) is 2. The summed E-state index contributed by atoms with van der Waals surface area (Å²) < 4.78 is 4.08. The van der Waals surface area contributed by atoms with Crippen LogP contribution in [0.25, 0.3) is 22.0 Å². The standard InChI is InChI=1S/C32H34Cl2N8/c1-3-40-15-10-22(11-16-40)21-6-8-23(9-7-21)24-17-26(33)25-18-42(39-29(25)28(24)34)31(20(2)38-32-35-12-13-36-32)30-27-5-4-14-41(27)19-37-30/h6-9,12-13,17-19,22,31H,2-5,10-11,14-16H2,1H3,(H2,35,36,38). The fourth-order valence-electron chi connectivity index (χ4n) is 6.52. The number of imidazole rings is 2. The third-order valence-corrected chi connectivity index (χ3v) is 9.55. The zero-order valence-electron chi connectivity index (χ0n) is 23.7. The van der Waals surface area contributed by atoms with Gasteiger partial charge in [0.05, 0.1) is 22.1 Å². The molecule has 0 bridgehead atoms. The van der Waals surface area contributed by atoms with Crippen LogP contribution in [-0.4, -0.2) is 53.8 Å². The Bertz CT molecular complexity index is 1730. The number of allylic oxidation sites excluding steroid dienone is 1. The van der Waals surface area contributed by atoms with E-state index < -0.39 is 0 Å². The van der Waals surface area contributed by atoms with Crippen molar-refractivity contribution in [1.82, 2.24) is 34.2 Å². The lowest BCUT2D eigenvalue weighted by Crippen LogP contribution is -2.32. The molecule has 0 aliphatic carbocycles. The van der Waals surface area contributed by atoms with Crippen LogP contribution in [0.1, 0.15) is 55.1 Å². The summed E-state index contributed by atoms with van der Waals surface area (Å²) >= 11 is 14.0. The van der Waals surface area contributed by atoms with Crippen molar-refractivity contribution in [2.75, 3.05) is 25.0 Å². The summed E-state index contributed by atoms with van der Waals surface area (Å²) in [4.78, 5) is 14.7. The fourth-order valence-corrected chi connectivity index (χ4v) is 7.07. The van der Waals surface area contributed by atoms with E-state index in [0.717, 1.165) is 61.2 Å². The number of hydrogen-bond acceptors (Lipinski definition) is 5. The molecular formula is C32H34Cl2N8. The van der Waals surface area contributed by atoms with Crippen LogP contribution in [0.15, 0.2) is 67.5 Å². The van der Waals surface area contributed by atoms with Crippen molar-refractivity contribution in [3.8, 4) is 11.1 Å². The molecule has 2 aromatic carbocycles. The van der Waals surface area contributed by atoms with Crippen LogP contribution in [0.3, 0.4) is 0 Å². The van der Waals surface area contributed by atoms with Crippen LogP contribution in [-0.2, 0) is 13.0 Å². The molecule has 216 valence electrons. The van der Waals surface area contributed by atoms with Crippen molar-refractivity contribution < 1.29 is 0 Å². The number of aryl methyl sites for hydroxylation is 1. The highest BCUT2D eigenvalue weighted by atomic mass is 35.5. The molecule has 2 N–H and O–H groups in total. The van der Waals surface area contributed by atoms with E-state index >= 15 is 0 Å². The summed E-state index contributed by atoms with van der Waals surface area (Å²) in [6, 6.07) is 10.4. The fraction of sp³-hybridized carbons (Fsp3) is 0.344. The number of fused-ring (bicyclic) bond motifs is 2. The summed E-state index contributed by atoms with van der Waals surface area (Å²) in [5.41, 5.74) is 6.75. The second-order valence-corrected chi connectivity index (χ2v) is 12.1. The highest BCUT2D eigenvalue weighted by Gasteiger charge is 2.29. The Morgan fingerprint density at radius 1 is 1.14 bits per heavy atom. The molecule has 3 aromatic heterocycles. The minimum atomic E-state index is -0.383. The lowest BCUT2D eigenvalue weighted by molar-refractivity contribution is 0.222. The molecule has 1 unspecified atom stereocenters. The molecule has 10 heteroatoms. The third-order valence-electron chi connectivity index (χ3n) is 8.85. The van der Waals surface area contributed by atoms with Gasteiger partial charge in [-0.1, -0.05) is 61.0 Å². The molecule has 0 saturated carbocycles. The maximum absolute atomic E-state index is 7.09. The van der Waals surface area contributed by atoms with Gasteiger partial charge >= 0.3 is 0 Å². The van der Waals surface area contributed by atoms with E-state index in [9.17, 15) is 0 Å². The number of benzene rings is 2. The van der Waals surface area contributed by atoms with Gasteiger partial charge in [0.1, 0.15) is 11.6 Å². The lowest BCUT2D eigenvalue weighted by Gasteiger charge is -2.31. The van der Waals surface area contributed by atoms with Crippen molar-refractivity contribution in [1.29, 1.82) is 0 Å². The van der Waals surface area contributed by atoms with E-state index in [4.69, 9.17) is 33.3 Å². The first-order valence-corrected chi connectivity index (χ1v) is 15.4. The molecule has 42 heavy (non-hydrogen) atoms. The molecule has 0 radical (unpaired) electrons. The lowest BCUT2D eigenvalue weighted by atomic mass is 9.88. The molecule has 5 heterocycles. The van der Waals surface area contributed by atoms with Crippen LogP contribution in [0.5, 0.6) is 0 Å². The van der Waals surface area contributed by atoms with Crippen molar-refractivity contribution in [3.05, 3.63) is 94.5 Å². The molecule has 2 aliphatic heterocycles. The Morgan fingerprint density at radius 2 is 1.95 bits per heavy atom. The molecular weight excluding hydrogens is 567 g/mol. The van der Waals surface area contributed by atoms with E-state index in [-0.39, 0.29) is 6.04 Å². The molecule has 2 aliphatic rings. The first kappa shape index (κ1) is 27.3. The first-order chi connectivity index (χ1) is 20.5. The second-order valence-electron chi connectivity index (χ2n) is 11.3. The monoisotopic (exact) mass is 600 g/mol. The maximum Gasteiger partial charge on any atom is 0.204 e. The van der Waals surface area contributed by atoms with Gasteiger partial charge in [-0.2, -0.15) is 5.10 Å². The second kappa shape index (κ2) is 11.2. The molecule has 1 atom stereocenters. The van der Waals surface area contributed by atoms with Crippen LogP contribution in [0, 0.1) is 0 Å². The third kappa shape index (κ3) is 4.91. The van der Waals surface area contributed by atoms with Crippen molar-refractivity contribution >= 4 is 40.1 Å². The highest BCUT2D eigenvalue weighted by molar-refractivity contribution is 6.42. The van der Waals surface area contributed by atoms with Gasteiger partial charge in [-0.05, 0) is 68.4 Å². The van der Waals surface area contributed by atoms with Gasteiger partial charge in [-0.15, -0.1) is 0 Å². The largest absolute Gasteiger partial charge is 0.334 e. The first-order valence-electron chi connectivity index (χ1n) is 14.7.